The molecular formula is C25H45NO3. The molecule has 1 amide bonds. The summed E-state index contributed by atoms with van der Waals surface area (Å²) in [5.41, 5.74) is 0.229. The Kier molecular flexibility index (Phi) is 7.05. The summed E-state index contributed by atoms with van der Waals surface area (Å²) in [7, 11) is 1.71. The van der Waals surface area contributed by atoms with Crippen LogP contribution in [0.2, 0.25) is 0 Å². The molecule has 3 saturated carbocycles. The van der Waals surface area contributed by atoms with Crippen molar-refractivity contribution in [2.75, 3.05) is 7.05 Å². The van der Waals surface area contributed by atoms with Crippen molar-refractivity contribution in [1.29, 1.82) is 0 Å². The molecule has 3 rings (SSSR count). The van der Waals surface area contributed by atoms with Crippen LogP contribution in [-0.2, 0) is 4.79 Å². The molecule has 3 aliphatic carbocycles. The maximum absolute atomic E-state index is 11.7. The van der Waals surface area contributed by atoms with E-state index in [4.69, 9.17) is 0 Å². The van der Waals surface area contributed by atoms with E-state index in [9.17, 15) is 15.0 Å². The van der Waals surface area contributed by atoms with Crippen LogP contribution < -0.4 is 5.32 Å². The van der Waals surface area contributed by atoms with Gasteiger partial charge in [-0.05, 0) is 91.8 Å². The third-order valence-electron chi connectivity index (χ3n) is 9.83. The molecule has 3 N–H and O–H groups in total. The van der Waals surface area contributed by atoms with E-state index >= 15 is 0 Å². The number of carbonyl (C=O) groups excluding carboxylic acids is 1. The molecule has 168 valence electrons. The average molecular weight is 408 g/mol. The van der Waals surface area contributed by atoms with Gasteiger partial charge in [0, 0.05) is 13.5 Å². The Morgan fingerprint density at radius 1 is 1.17 bits per heavy atom. The van der Waals surface area contributed by atoms with Gasteiger partial charge < -0.3 is 15.5 Å². The van der Waals surface area contributed by atoms with E-state index in [1.54, 1.807) is 7.05 Å². The normalized spacial score (nSPS) is 44.3. The number of hydrogen-bond donors (Lipinski definition) is 3. The Morgan fingerprint density at radius 3 is 2.55 bits per heavy atom. The van der Waals surface area contributed by atoms with Gasteiger partial charge in [-0.3, -0.25) is 4.79 Å². The minimum atomic E-state index is -0.265. The van der Waals surface area contributed by atoms with E-state index in [0.29, 0.717) is 36.0 Å². The maximum atomic E-state index is 11.7. The summed E-state index contributed by atoms with van der Waals surface area (Å²) in [6, 6.07) is 0. The molecule has 4 heteroatoms. The molecule has 4 nitrogen and oxygen atoms in total. The smallest absolute Gasteiger partial charge is 0.219 e. The fraction of sp³-hybridized carbons (Fsp3) is 0.960. The Morgan fingerprint density at radius 2 is 1.90 bits per heavy atom. The first-order valence-corrected chi connectivity index (χ1v) is 12.2. The molecule has 29 heavy (non-hydrogen) atoms. The van der Waals surface area contributed by atoms with E-state index < -0.39 is 0 Å². The van der Waals surface area contributed by atoms with Crippen LogP contribution in [0.4, 0.5) is 0 Å². The second-order valence-corrected chi connectivity index (χ2v) is 11.2. The molecule has 0 aromatic rings. The average Bonchev–Trinajstić information content (AvgIpc) is 2.68. The first kappa shape index (κ1) is 23.1. The standard InChI is InChI=1S/C25H45NO3/c1-6-20(16(2)7-10-23(29)26-5)25(4)15-17-8-9-18-13-19(27)11-12-24(18,3)21(17)14-22(25)28/h16-22,27-28H,6-15H2,1-5H3,(H,26,29)/t16-,17+,18-,19-,20-,21+,22+,24-,25+/m1/s1. The summed E-state index contributed by atoms with van der Waals surface area (Å²) in [6.45, 7) is 9.32. The van der Waals surface area contributed by atoms with Crippen molar-refractivity contribution in [3.05, 3.63) is 0 Å². The molecule has 0 aromatic carbocycles. The number of aliphatic hydroxyl groups is 2. The van der Waals surface area contributed by atoms with Crippen molar-refractivity contribution >= 4 is 5.91 Å². The third kappa shape index (κ3) is 4.26. The molecule has 3 aliphatic rings. The summed E-state index contributed by atoms with van der Waals surface area (Å²) in [4.78, 5) is 11.7. The van der Waals surface area contributed by atoms with E-state index in [1.165, 1.54) is 12.8 Å². The van der Waals surface area contributed by atoms with Crippen LogP contribution in [0.15, 0.2) is 0 Å². The number of aliphatic hydroxyl groups excluding tert-OH is 2. The minimum Gasteiger partial charge on any atom is -0.393 e. The lowest BCUT2D eigenvalue weighted by Crippen LogP contribution is -2.56. The van der Waals surface area contributed by atoms with Gasteiger partial charge in [-0.25, -0.2) is 0 Å². The molecule has 3 fully saturated rings. The zero-order chi connectivity index (χ0) is 21.4. The Bertz CT molecular complexity index is 580. The van der Waals surface area contributed by atoms with E-state index in [-0.39, 0.29) is 28.9 Å². The Balaban J connectivity index is 1.75. The molecule has 0 saturated heterocycles. The molecule has 0 heterocycles. The second-order valence-electron chi connectivity index (χ2n) is 11.2. The summed E-state index contributed by atoms with van der Waals surface area (Å²) < 4.78 is 0. The van der Waals surface area contributed by atoms with Gasteiger partial charge in [0.05, 0.1) is 12.2 Å². The third-order valence-corrected chi connectivity index (χ3v) is 9.83. The van der Waals surface area contributed by atoms with Crippen molar-refractivity contribution in [2.24, 2.45) is 40.4 Å². The van der Waals surface area contributed by atoms with Crippen molar-refractivity contribution in [3.63, 3.8) is 0 Å². The second kappa shape index (κ2) is 8.86. The number of rotatable bonds is 6. The van der Waals surface area contributed by atoms with Gasteiger partial charge in [-0.2, -0.15) is 0 Å². The predicted octanol–water partition coefficient (Wildman–Crippen LogP) is 4.53. The summed E-state index contributed by atoms with van der Waals surface area (Å²) in [5, 5.41) is 24.4. The largest absolute Gasteiger partial charge is 0.393 e. The highest BCUT2D eigenvalue weighted by atomic mass is 16.3. The van der Waals surface area contributed by atoms with Crippen LogP contribution in [0.25, 0.3) is 0 Å². The topological polar surface area (TPSA) is 69.6 Å². The fourth-order valence-electron chi connectivity index (χ4n) is 8.01. The molecule has 0 spiro atoms. The number of fused-ring (bicyclic) bond motifs is 3. The predicted molar refractivity (Wildman–Crippen MR) is 117 cm³/mol. The number of nitrogens with one attached hydrogen (secondary N) is 1. The zero-order valence-corrected chi connectivity index (χ0v) is 19.4. The lowest BCUT2D eigenvalue weighted by Gasteiger charge is -2.61. The maximum Gasteiger partial charge on any atom is 0.219 e. The lowest BCUT2D eigenvalue weighted by atomic mass is 9.45. The highest BCUT2D eigenvalue weighted by Gasteiger charge is 2.57. The van der Waals surface area contributed by atoms with Crippen LogP contribution in [0, 0.1) is 40.4 Å². The summed E-state index contributed by atoms with van der Waals surface area (Å²) in [5.74, 6) is 2.91. The molecule has 0 radical (unpaired) electrons. The van der Waals surface area contributed by atoms with Crippen LogP contribution in [0.5, 0.6) is 0 Å². The van der Waals surface area contributed by atoms with E-state index in [1.807, 2.05) is 0 Å². The first-order valence-electron chi connectivity index (χ1n) is 12.2. The SMILES string of the molecule is CC[C@H]([C@H](C)CCC(=O)NC)[C@]1(C)C[C@@H]2CC[C@@H]3C[C@H](O)CC[C@@]3(C)[C@H]2C[C@@H]1O. The molecule has 0 aromatic heterocycles. The van der Waals surface area contributed by atoms with Gasteiger partial charge in [0.25, 0.3) is 0 Å². The molecule has 9 atom stereocenters. The van der Waals surface area contributed by atoms with E-state index in [2.05, 4.69) is 33.0 Å². The fourth-order valence-corrected chi connectivity index (χ4v) is 8.01. The van der Waals surface area contributed by atoms with Crippen molar-refractivity contribution in [2.45, 2.75) is 104 Å². The summed E-state index contributed by atoms with van der Waals surface area (Å²) >= 11 is 0. The highest BCUT2D eigenvalue weighted by molar-refractivity contribution is 5.75. The number of carbonyl (C=O) groups is 1. The Labute approximate surface area is 178 Å². The quantitative estimate of drug-likeness (QED) is 0.606. The van der Waals surface area contributed by atoms with Crippen molar-refractivity contribution < 1.29 is 15.0 Å². The Hall–Kier alpha value is -0.610. The monoisotopic (exact) mass is 407 g/mol. The van der Waals surface area contributed by atoms with Crippen LogP contribution in [0.3, 0.4) is 0 Å². The van der Waals surface area contributed by atoms with Gasteiger partial charge in [0.2, 0.25) is 5.91 Å². The van der Waals surface area contributed by atoms with E-state index in [0.717, 1.165) is 44.9 Å². The van der Waals surface area contributed by atoms with Gasteiger partial charge in [0.1, 0.15) is 0 Å². The van der Waals surface area contributed by atoms with Crippen LogP contribution >= 0.6 is 0 Å². The molecular weight excluding hydrogens is 362 g/mol. The molecule has 0 unspecified atom stereocenters. The zero-order valence-electron chi connectivity index (χ0n) is 19.4. The molecule has 0 aliphatic heterocycles. The van der Waals surface area contributed by atoms with Gasteiger partial charge in [-0.15, -0.1) is 0 Å². The lowest BCUT2D eigenvalue weighted by molar-refractivity contribution is -0.159. The van der Waals surface area contributed by atoms with Crippen molar-refractivity contribution in [3.8, 4) is 0 Å². The van der Waals surface area contributed by atoms with Crippen LogP contribution in [0.1, 0.15) is 91.9 Å². The highest BCUT2D eigenvalue weighted by Crippen LogP contribution is 2.63. The molecule has 0 bridgehead atoms. The van der Waals surface area contributed by atoms with Crippen LogP contribution in [-0.4, -0.2) is 35.4 Å². The number of hydrogen-bond acceptors (Lipinski definition) is 3. The minimum absolute atomic E-state index is 0.0601. The van der Waals surface area contributed by atoms with Crippen molar-refractivity contribution in [1.82, 2.24) is 5.32 Å². The summed E-state index contributed by atoms with van der Waals surface area (Å²) in [6.07, 6.45) is 9.68. The van der Waals surface area contributed by atoms with Gasteiger partial charge in [-0.1, -0.05) is 34.1 Å². The number of amides is 1. The van der Waals surface area contributed by atoms with Gasteiger partial charge in [0.15, 0.2) is 0 Å². The first-order chi connectivity index (χ1) is 13.7. The van der Waals surface area contributed by atoms with Gasteiger partial charge >= 0.3 is 0 Å².